The molecule has 9 nitrogen and oxygen atoms in total. The minimum Gasteiger partial charge on any atom is -0.497 e. The normalized spacial score (nSPS) is 12.4. The average molecular weight is 599 g/mol. The maximum Gasteiger partial charge on any atom is 0.407 e. The fourth-order valence-electron chi connectivity index (χ4n) is 5.02. The number of rotatable bonds is 10. The van der Waals surface area contributed by atoms with Gasteiger partial charge in [0.25, 0.3) is 0 Å². The van der Waals surface area contributed by atoms with Crippen LogP contribution >= 0.6 is 11.6 Å². The first-order valence-electron chi connectivity index (χ1n) is 13.3. The van der Waals surface area contributed by atoms with E-state index in [0.717, 1.165) is 22.3 Å². The largest absolute Gasteiger partial charge is 0.497 e. The molecule has 43 heavy (non-hydrogen) atoms. The Labute approximate surface area is 252 Å². The quantitative estimate of drug-likeness (QED) is 0.144. The molecule has 1 atom stereocenters. The lowest BCUT2D eigenvalue weighted by atomic mass is 9.98. The molecule has 0 unspecified atom stereocenters. The molecule has 1 aliphatic rings. The van der Waals surface area contributed by atoms with Gasteiger partial charge in [-0.2, -0.15) is 0 Å². The van der Waals surface area contributed by atoms with Gasteiger partial charge < -0.3 is 25.3 Å². The number of hydrogen-bond donors (Lipinski definition) is 2. The van der Waals surface area contributed by atoms with E-state index in [-0.39, 0.29) is 23.8 Å². The van der Waals surface area contributed by atoms with E-state index in [1.165, 1.54) is 37.4 Å². The lowest BCUT2D eigenvalue weighted by Crippen LogP contribution is -2.45. The van der Waals surface area contributed by atoms with Crippen molar-refractivity contribution < 1.29 is 33.4 Å². The molecule has 0 heterocycles. The molecule has 2 amide bonds. The Bertz CT molecular complexity index is 1660. The molecule has 4 aromatic rings. The molecule has 0 aliphatic heterocycles. The van der Waals surface area contributed by atoms with Crippen LogP contribution in [0.4, 0.5) is 4.79 Å². The summed E-state index contributed by atoms with van der Waals surface area (Å²) in [5.74, 6) is -2.29. The van der Waals surface area contributed by atoms with Crippen molar-refractivity contribution in [2.75, 3.05) is 13.7 Å². The Balaban J connectivity index is 1.31. The van der Waals surface area contributed by atoms with Crippen LogP contribution in [0.5, 0.6) is 11.5 Å². The summed E-state index contributed by atoms with van der Waals surface area (Å²) in [4.78, 5) is 51.2. The lowest BCUT2D eigenvalue weighted by Gasteiger charge is -2.19. The van der Waals surface area contributed by atoms with E-state index in [2.05, 4.69) is 5.32 Å². The minimum absolute atomic E-state index is 0.00355. The lowest BCUT2D eigenvalue weighted by molar-refractivity contribution is -0.138. The van der Waals surface area contributed by atoms with Gasteiger partial charge in [-0.05, 0) is 64.7 Å². The summed E-state index contributed by atoms with van der Waals surface area (Å²) in [6.45, 7) is -0.00355. The van der Waals surface area contributed by atoms with E-state index in [0.29, 0.717) is 16.3 Å². The molecule has 4 aromatic carbocycles. The Morgan fingerprint density at radius 1 is 0.884 bits per heavy atom. The predicted molar refractivity (Wildman–Crippen MR) is 159 cm³/mol. The summed E-state index contributed by atoms with van der Waals surface area (Å²) in [6, 6.07) is 24.7. The van der Waals surface area contributed by atoms with Gasteiger partial charge in [-0.25, -0.2) is 9.59 Å². The summed E-state index contributed by atoms with van der Waals surface area (Å²) < 4.78 is 16.3. The number of nitrogens with two attached hydrogens (primary N) is 1. The third-order valence-electron chi connectivity index (χ3n) is 7.07. The van der Waals surface area contributed by atoms with E-state index < -0.39 is 36.2 Å². The molecule has 5 rings (SSSR count). The summed E-state index contributed by atoms with van der Waals surface area (Å²) in [6.07, 6.45) is -1.49. The molecular formula is C33H27ClN2O7. The summed E-state index contributed by atoms with van der Waals surface area (Å²) in [5.41, 5.74) is 9.83. The number of hydrogen-bond acceptors (Lipinski definition) is 7. The molecule has 10 heteroatoms. The van der Waals surface area contributed by atoms with Gasteiger partial charge in [0.15, 0.2) is 5.78 Å². The van der Waals surface area contributed by atoms with Gasteiger partial charge >= 0.3 is 12.1 Å². The number of fused-ring (bicyclic) bond motifs is 3. The number of primary amides is 1. The third-order valence-corrected chi connectivity index (χ3v) is 7.33. The SMILES string of the molecule is COc1ccc(OC(=O)[C@H](CC(N)=O)NC(=O)OCC2c3ccccc3-c3ccccc32)c(C(=O)c2ccc(Cl)cc2)c1. The molecular weight excluding hydrogens is 572 g/mol. The summed E-state index contributed by atoms with van der Waals surface area (Å²) >= 11 is 5.95. The van der Waals surface area contributed by atoms with Crippen molar-refractivity contribution in [1.82, 2.24) is 5.32 Å². The first kappa shape index (κ1) is 29.3. The van der Waals surface area contributed by atoms with Crippen LogP contribution in [-0.2, 0) is 14.3 Å². The number of alkyl carbamates (subject to hydrolysis) is 1. The van der Waals surface area contributed by atoms with Crippen LogP contribution in [0.15, 0.2) is 91.0 Å². The number of ketones is 1. The second-order valence-corrected chi connectivity index (χ2v) is 10.2. The highest BCUT2D eigenvalue weighted by atomic mass is 35.5. The molecule has 0 aromatic heterocycles. The van der Waals surface area contributed by atoms with Gasteiger partial charge in [0.1, 0.15) is 24.1 Å². The number of esters is 1. The van der Waals surface area contributed by atoms with E-state index in [1.807, 2.05) is 48.5 Å². The number of ether oxygens (including phenoxy) is 3. The van der Waals surface area contributed by atoms with Crippen molar-refractivity contribution in [1.29, 1.82) is 0 Å². The fraction of sp³-hybridized carbons (Fsp3) is 0.152. The van der Waals surface area contributed by atoms with Crippen molar-refractivity contribution in [3.63, 3.8) is 0 Å². The monoisotopic (exact) mass is 598 g/mol. The summed E-state index contributed by atoms with van der Waals surface area (Å²) in [5, 5.41) is 2.84. The topological polar surface area (TPSA) is 134 Å². The molecule has 0 radical (unpaired) electrons. The van der Waals surface area contributed by atoms with Gasteiger partial charge in [-0.15, -0.1) is 0 Å². The zero-order valence-electron chi connectivity index (χ0n) is 23.0. The number of nitrogens with one attached hydrogen (secondary N) is 1. The maximum atomic E-state index is 13.3. The maximum absolute atomic E-state index is 13.3. The van der Waals surface area contributed by atoms with Gasteiger partial charge in [-0.3, -0.25) is 9.59 Å². The molecule has 0 fully saturated rings. The standard InChI is InChI=1S/C33H27ClN2O7/c1-41-21-14-15-29(26(16-21)31(38)19-10-12-20(34)13-11-19)43-32(39)28(17-30(35)37)36-33(40)42-18-27-24-8-4-2-6-22(24)23-7-3-5-9-25(23)27/h2-16,27-28H,17-18H2,1H3,(H2,35,37)(H,36,40)/t28-/m0/s1. The smallest absolute Gasteiger partial charge is 0.407 e. The molecule has 0 saturated heterocycles. The Kier molecular flexibility index (Phi) is 8.73. The fourth-order valence-corrected chi connectivity index (χ4v) is 5.14. The van der Waals surface area contributed by atoms with Crippen molar-refractivity contribution in [3.8, 4) is 22.6 Å². The number of carbonyl (C=O) groups is 4. The van der Waals surface area contributed by atoms with Crippen LogP contribution in [-0.4, -0.2) is 43.5 Å². The van der Waals surface area contributed by atoms with E-state index >= 15 is 0 Å². The average Bonchev–Trinajstić information content (AvgIpc) is 3.33. The van der Waals surface area contributed by atoms with E-state index in [4.69, 9.17) is 31.5 Å². The highest BCUT2D eigenvalue weighted by molar-refractivity contribution is 6.30. The van der Waals surface area contributed by atoms with Crippen LogP contribution in [0.1, 0.15) is 39.4 Å². The van der Waals surface area contributed by atoms with Crippen LogP contribution in [0.2, 0.25) is 5.02 Å². The van der Waals surface area contributed by atoms with Crippen LogP contribution in [0.3, 0.4) is 0 Å². The Morgan fingerprint density at radius 2 is 1.51 bits per heavy atom. The first-order valence-corrected chi connectivity index (χ1v) is 13.7. The second-order valence-electron chi connectivity index (χ2n) is 9.81. The highest BCUT2D eigenvalue weighted by Crippen LogP contribution is 2.44. The number of benzene rings is 4. The zero-order valence-corrected chi connectivity index (χ0v) is 23.8. The molecule has 1 aliphatic carbocycles. The highest BCUT2D eigenvalue weighted by Gasteiger charge is 2.31. The zero-order chi connectivity index (χ0) is 30.5. The second kappa shape index (κ2) is 12.8. The van der Waals surface area contributed by atoms with Crippen LogP contribution in [0, 0.1) is 0 Å². The predicted octanol–water partition coefficient (Wildman–Crippen LogP) is 5.27. The van der Waals surface area contributed by atoms with Crippen molar-refractivity contribution in [2.45, 2.75) is 18.4 Å². The Hall–Kier alpha value is -5.15. The van der Waals surface area contributed by atoms with E-state index in [9.17, 15) is 19.2 Å². The van der Waals surface area contributed by atoms with E-state index in [1.54, 1.807) is 12.1 Å². The summed E-state index contributed by atoms with van der Waals surface area (Å²) in [7, 11) is 1.43. The van der Waals surface area contributed by atoms with Gasteiger partial charge in [-0.1, -0.05) is 60.1 Å². The number of methoxy groups -OCH3 is 1. The third kappa shape index (κ3) is 6.52. The Morgan fingerprint density at radius 3 is 2.12 bits per heavy atom. The molecule has 0 saturated carbocycles. The van der Waals surface area contributed by atoms with Crippen molar-refractivity contribution in [3.05, 3.63) is 118 Å². The van der Waals surface area contributed by atoms with Gasteiger partial charge in [0.2, 0.25) is 5.91 Å². The molecule has 3 N–H and O–H groups in total. The first-order chi connectivity index (χ1) is 20.7. The molecule has 0 spiro atoms. The van der Waals surface area contributed by atoms with Crippen LogP contribution < -0.4 is 20.5 Å². The number of carbonyl (C=O) groups excluding carboxylic acids is 4. The van der Waals surface area contributed by atoms with Gasteiger partial charge in [0.05, 0.1) is 19.1 Å². The molecule has 218 valence electrons. The van der Waals surface area contributed by atoms with Gasteiger partial charge in [0, 0.05) is 16.5 Å². The van der Waals surface area contributed by atoms with Crippen molar-refractivity contribution >= 4 is 35.4 Å². The number of amides is 2. The number of halogens is 1. The molecule has 0 bridgehead atoms. The minimum atomic E-state index is -1.48. The van der Waals surface area contributed by atoms with Crippen molar-refractivity contribution in [2.24, 2.45) is 5.73 Å². The van der Waals surface area contributed by atoms with Crippen LogP contribution in [0.25, 0.3) is 11.1 Å².